The molecule has 0 aromatic rings. The molecule has 1 aliphatic rings. The summed E-state index contributed by atoms with van der Waals surface area (Å²) in [6, 6.07) is 0. The van der Waals surface area contributed by atoms with Gasteiger partial charge in [-0.3, -0.25) is 0 Å². The van der Waals surface area contributed by atoms with Crippen LogP contribution in [0.2, 0.25) is 0 Å². The summed E-state index contributed by atoms with van der Waals surface area (Å²) < 4.78 is 0. The molecule has 3 nitrogen and oxygen atoms in total. The van der Waals surface area contributed by atoms with Gasteiger partial charge in [-0.2, -0.15) is 0 Å². The van der Waals surface area contributed by atoms with E-state index in [9.17, 15) is 0 Å². The van der Waals surface area contributed by atoms with E-state index in [4.69, 9.17) is 10.2 Å². The van der Waals surface area contributed by atoms with Gasteiger partial charge in [-0.05, 0) is 50.6 Å². The fourth-order valence-electron chi connectivity index (χ4n) is 2.27. The maximum atomic E-state index is 9.12. The zero-order valence-corrected chi connectivity index (χ0v) is 8.91. The van der Waals surface area contributed by atoms with E-state index in [1.165, 1.54) is 19.3 Å². The van der Waals surface area contributed by atoms with Crippen LogP contribution in [-0.2, 0) is 0 Å². The van der Waals surface area contributed by atoms with Crippen LogP contribution < -0.4 is 5.32 Å². The van der Waals surface area contributed by atoms with Crippen molar-refractivity contribution >= 4 is 0 Å². The molecule has 84 valence electrons. The largest absolute Gasteiger partial charge is 0.396 e. The lowest BCUT2D eigenvalue weighted by atomic mass is 9.97. The van der Waals surface area contributed by atoms with Crippen molar-refractivity contribution in [2.45, 2.75) is 32.1 Å². The molecular formula is C11H23NO2. The van der Waals surface area contributed by atoms with E-state index in [-0.39, 0.29) is 0 Å². The fraction of sp³-hybridized carbons (Fsp3) is 1.00. The van der Waals surface area contributed by atoms with Crippen molar-refractivity contribution in [2.24, 2.45) is 11.8 Å². The predicted molar refractivity (Wildman–Crippen MR) is 57.1 cm³/mol. The Balaban J connectivity index is 2.00. The molecule has 1 fully saturated rings. The minimum Gasteiger partial charge on any atom is -0.396 e. The Morgan fingerprint density at radius 3 is 2.57 bits per heavy atom. The minimum absolute atomic E-state index is 0.296. The van der Waals surface area contributed by atoms with Crippen LogP contribution in [0.3, 0.4) is 0 Å². The number of hydrogen-bond donors (Lipinski definition) is 3. The molecule has 2 unspecified atom stereocenters. The zero-order chi connectivity index (χ0) is 10.2. The molecule has 0 bridgehead atoms. The van der Waals surface area contributed by atoms with Gasteiger partial charge in [0.25, 0.3) is 0 Å². The Bertz CT molecular complexity index is 141. The van der Waals surface area contributed by atoms with Gasteiger partial charge in [0, 0.05) is 13.2 Å². The topological polar surface area (TPSA) is 52.5 Å². The monoisotopic (exact) mass is 201 g/mol. The zero-order valence-electron chi connectivity index (χ0n) is 8.91. The predicted octanol–water partition coefficient (Wildman–Crippen LogP) is 0.757. The number of aliphatic hydroxyl groups is 2. The smallest absolute Gasteiger partial charge is 0.0462 e. The second-order valence-corrected chi connectivity index (χ2v) is 4.27. The van der Waals surface area contributed by atoms with Gasteiger partial charge in [0.05, 0.1) is 0 Å². The van der Waals surface area contributed by atoms with Crippen LogP contribution in [0.15, 0.2) is 0 Å². The molecule has 1 saturated carbocycles. The van der Waals surface area contributed by atoms with Crippen molar-refractivity contribution in [1.82, 2.24) is 5.32 Å². The first-order valence-electron chi connectivity index (χ1n) is 5.81. The maximum absolute atomic E-state index is 9.12. The molecule has 0 aromatic heterocycles. The number of rotatable bonds is 7. The van der Waals surface area contributed by atoms with Crippen LogP contribution in [0, 0.1) is 11.8 Å². The first-order valence-corrected chi connectivity index (χ1v) is 5.81. The summed E-state index contributed by atoms with van der Waals surface area (Å²) >= 11 is 0. The summed E-state index contributed by atoms with van der Waals surface area (Å²) in [5, 5.41) is 21.1. The number of unbranched alkanes of at least 4 members (excludes halogenated alkanes) is 1. The van der Waals surface area contributed by atoms with Crippen LogP contribution in [0.25, 0.3) is 0 Å². The third-order valence-corrected chi connectivity index (χ3v) is 3.22. The SMILES string of the molecule is OCCCCNCC1CCCC1CO. The molecule has 1 aliphatic carbocycles. The lowest BCUT2D eigenvalue weighted by molar-refractivity contribution is 0.192. The third kappa shape index (κ3) is 3.95. The van der Waals surface area contributed by atoms with E-state index < -0.39 is 0 Å². The molecule has 3 heteroatoms. The van der Waals surface area contributed by atoms with Gasteiger partial charge in [0.1, 0.15) is 0 Å². The third-order valence-electron chi connectivity index (χ3n) is 3.22. The molecular weight excluding hydrogens is 178 g/mol. The van der Waals surface area contributed by atoms with Crippen molar-refractivity contribution in [1.29, 1.82) is 0 Å². The fourth-order valence-corrected chi connectivity index (χ4v) is 2.27. The number of nitrogens with one attached hydrogen (secondary N) is 1. The highest BCUT2D eigenvalue weighted by Crippen LogP contribution is 2.30. The van der Waals surface area contributed by atoms with E-state index in [1.807, 2.05) is 0 Å². The normalized spacial score (nSPS) is 27.0. The molecule has 0 saturated heterocycles. The Morgan fingerprint density at radius 1 is 1.07 bits per heavy atom. The van der Waals surface area contributed by atoms with Gasteiger partial charge in [0.2, 0.25) is 0 Å². The molecule has 0 spiro atoms. The van der Waals surface area contributed by atoms with Gasteiger partial charge in [0.15, 0.2) is 0 Å². The van der Waals surface area contributed by atoms with Gasteiger partial charge in [-0.1, -0.05) is 6.42 Å². The van der Waals surface area contributed by atoms with E-state index in [2.05, 4.69) is 5.32 Å². The first kappa shape index (κ1) is 12.0. The Kier molecular flexibility index (Phi) is 6.15. The summed E-state index contributed by atoms with van der Waals surface area (Å²) in [4.78, 5) is 0. The Morgan fingerprint density at radius 2 is 1.86 bits per heavy atom. The molecule has 0 aliphatic heterocycles. The van der Waals surface area contributed by atoms with Gasteiger partial charge in [-0.25, -0.2) is 0 Å². The molecule has 0 radical (unpaired) electrons. The first-order chi connectivity index (χ1) is 6.88. The van der Waals surface area contributed by atoms with Crippen LogP contribution >= 0.6 is 0 Å². The molecule has 3 N–H and O–H groups in total. The van der Waals surface area contributed by atoms with Gasteiger partial charge >= 0.3 is 0 Å². The van der Waals surface area contributed by atoms with Crippen molar-refractivity contribution in [2.75, 3.05) is 26.3 Å². The molecule has 1 rings (SSSR count). The molecule has 0 heterocycles. The standard InChI is InChI=1S/C11H23NO2/c13-7-2-1-6-12-8-10-4-3-5-11(10)9-14/h10-14H,1-9H2. The van der Waals surface area contributed by atoms with Crippen LogP contribution in [0.1, 0.15) is 32.1 Å². The summed E-state index contributed by atoms with van der Waals surface area (Å²) in [6.45, 7) is 2.68. The van der Waals surface area contributed by atoms with Gasteiger partial charge < -0.3 is 15.5 Å². The highest BCUT2D eigenvalue weighted by atomic mass is 16.3. The summed E-state index contributed by atoms with van der Waals surface area (Å²) in [5.41, 5.74) is 0. The minimum atomic E-state index is 0.296. The Hall–Kier alpha value is -0.120. The highest BCUT2D eigenvalue weighted by Gasteiger charge is 2.25. The maximum Gasteiger partial charge on any atom is 0.0462 e. The van der Waals surface area contributed by atoms with Crippen molar-refractivity contribution in [3.8, 4) is 0 Å². The van der Waals surface area contributed by atoms with E-state index in [1.54, 1.807) is 0 Å². The molecule has 0 aromatic carbocycles. The number of hydrogen-bond acceptors (Lipinski definition) is 3. The summed E-state index contributed by atoms with van der Waals surface area (Å²) in [6.07, 6.45) is 5.67. The quantitative estimate of drug-likeness (QED) is 0.533. The van der Waals surface area contributed by atoms with Crippen LogP contribution in [-0.4, -0.2) is 36.5 Å². The highest BCUT2D eigenvalue weighted by molar-refractivity contribution is 4.78. The van der Waals surface area contributed by atoms with Gasteiger partial charge in [-0.15, -0.1) is 0 Å². The van der Waals surface area contributed by atoms with E-state index >= 15 is 0 Å². The average molecular weight is 201 g/mol. The van der Waals surface area contributed by atoms with Crippen molar-refractivity contribution in [3.05, 3.63) is 0 Å². The lowest BCUT2D eigenvalue weighted by Crippen LogP contribution is -2.27. The van der Waals surface area contributed by atoms with E-state index in [0.29, 0.717) is 25.0 Å². The lowest BCUT2D eigenvalue weighted by Gasteiger charge is -2.17. The van der Waals surface area contributed by atoms with Crippen LogP contribution in [0.5, 0.6) is 0 Å². The molecule has 0 amide bonds. The van der Waals surface area contributed by atoms with Crippen molar-refractivity contribution < 1.29 is 10.2 Å². The number of aliphatic hydroxyl groups excluding tert-OH is 2. The second-order valence-electron chi connectivity index (χ2n) is 4.27. The van der Waals surface area contributed by atoms with Crippen molar-refractivity contribution in [3.63, 3.8) is 0 Å². The molecule has 2 atom stereocenters. The second kappa shape index (κ2) is 7.21. The van der Waals surface area contributed by atoms with Crippen LogP contribution in [0.4, 0.5) is 0 Å². The average Bonchev–Trinajstić information content (AvgIpc) is 2.65. The molecule has 14 heavy (non-hydrogen) atoms. The Labute approximate surface area is 86.5 Å². The summed E-state index contributed by atoms with van der Waals surface area (Å²) in [7, 11) is 0. The van der Waals surface area contributed by atoms with E-state index in [0.717, 1.165) is 25.9 Å². The summed E-state index contributed by atoms with van der Waals surface area (Å²) in [5.74, 6) is 1.20.